The first kappa shape index (κ1) is 22.8. The van der Waals surface area contributed by atoms with Crippen LogP contribution >= 0.6 is 0 Å². The van der Waals surface area contributed by atoms with E-state index in [1.807, 2.05) is 46.3 Å². The minimum atomic E-state index is -0.990. The molecule has 3 aliphatic heterocycles. The molecule has 0 spiro atoms. The van der Waals surface area contributed by atoms with E-state index in [0.29, 0.717) is 31.7 Å². The van der Waals surface area contributed by atoms with Crippen LogP contribution in [-0.2, 0) is 22.5 Å². The molecule has 2 aromatic carbocycles. The Hall–Kier alpha value is -2.94. The van der Waals surface area contributed by atoms with Crippen LogP contribution in [0.5, 0.6) is 0 Å². The van der Waals surface area contributed by atoms with Crippen molar-refractivity contribution in [3.05, 3.63) is 65.2 Å². The predicted molar refractivity (Wildman–Crippen MR) is 128 cm³/mol. The summed E-state index contributed by atoms with van der Waals surface area (Å²) in [4.78, 5) is 29.1. The Morgan fingerprint density at radius 3 is 2.44 bits per heavy atom. The van der Waals surface area contributed by atoms with Gasteiger partial charge in [0.15, 0.2) is 0 Å². The summed E-state index contributed by atoms with van der Waals surface area (Å²) < 4.78 is 5.42. The number of carbonyl (C=O) groups excluding carboxylic acids is 1. The van der Waals surface area contributed by atoms with Gasteiger partial charge < -0.3 is 14.7 Å². The molecule has 2 amide bonds. The van der Waals surface area contributed by atoms with Gasteiger partial charge in [0, 0.05) is 45.7 Å². The summed E-state index contributed by atoms with van der Waals surface area (Å²) in [5.41, 5.74) is 4.13. The fourth-order valence-corrected chi connectivity index (χ4v) is 5.32. The Labute approximate surface area is 200 Å². The summed E-state index contributed by atoms with van der Waals surface area (Å²) in [6.07, 6.45) is 1.19. The lowest BCUT2D eigenvalue weighted by atomic mass is 10.0. The minimum Gasteiger partial charge on any atom is -0.464 e. The molecule has 0 bridgehead atoms. The summed E-state index contributed by atoms with van der Waals surface area (Å²) in [5, 5.41) is 13.2. The molecular weight excluding hydrogens is 432 g/mol. The number of amides is 2. The molecule has 2 saturated heterocycles. The molecular formula is C26H32N4O4. The highest BCUT2D eigenvalue weighted by atomic mass is 16.5. The van der Waals surface area contributed by atoms with E-state index in [9.17, 15) is 14.7 Å². The highest BCUT2D eigenvalue weighted by molar-refractivity contribution is 5.85. The van der Waals surface area contributed by atoms with E-state index in [0.717, 1.165) is 56.8 Å². The zero-order valence-corrected chi connectivity index (χ0v) is 19.4. The molecule has 2 aromatic rings. The highest BCUT2D eigenvalue weighted by Crippen LogP contribution is 2.34. The summed E-state index contributed by atoms with van der Waals surface area (Å²) in [6.45, 7) is 6.10. The molecule has 0 aromatic heterocycles. The Bertz CT molecular complexity index is 1020. The number of rotatable bonds is 6. The van der Waals surface area contributed by atoms with E-state index in [2.05, 4.69) is 17.0 Å². The van der Waals surface area contributed by atoms with Crippen LogP contribution in [0.2, 0.25) is 0 Å². The number of carbonyl (C=O) groups is 2. The molecule has 0 saturated carbocycles. The van der Waals surface area contributed by atoms with Crippen LogP contribution in [0.1, 0.15) is 35.6 Å². The quantitative estimate of drug-likeness (QED) is 0.708. The van der Waals surface area contributed by atoms with Crippen LogP contribution in [0.3, 0.4) is 0 Å². The van der Waals surface area contributed by atoms with Crippen molar-refractivity contribution in [1.82, 2.24) is 14.8 Å². The van der Waals surface area contributed by atoms with Crippen LogP contribution in [0, 0.1) is 0 Å². The number of morpholine rings is 1. The molecule has 0 aliphatic carbocycles. The van der Waals surface area contributed by atoms with E-state index in [-0.39, 0.29) is 11.9 Å². The van der Waals surface area contributed by atoms with Crippen molar-refractivity contribution >= 4 is 17.7 Å². The van der Waals surface area contributed by atoms with Gasteiger partial charge in [0.1, 0.15) is 0 Å². The second-order valence-corrected chi connectivity index (χ2v) is 9.19. The van der Waals surface area contributed by atoms with Crippen LogP contribution in [0.4, 0.5) is 10.5 Å². The molecule has 8 heteroatoms. The predicted octanol–water partition coefficient (Wildman–Crippen LogP) is 3.14. The van der Waals surface area contributed by atoms with Gasteiger partial charge >= 0.3 is 6.09 Å². The number of ether oxygens (including phenoxy) is 1. The third kappa shape index (κ3) is 4.80. The molecule has 3 aliphatic rings. The minimum absolute atomic E-state index is 0.0442. The monoisotopic (exact) mass is 464 g/mol. The maximum Gasteiger partial charge on any atom is 0.426 e. The van der Waals surface area contributed by atoms with Crippen LogP contribution in [0.15, 0.2) is 48.5 Å². The van der Waals surface area contributed by atoms with Gasteiger partial charge in [-0.2, -0.15) is 0 Å². The van der Waals surface area contributed by atoms with Gasteiger partial charge in [-0.1, -0.05) is 36.4 Å². The van der Waals surface area contributed by atoms with Crippen molar-refractivity contribution < 1.29 is 19.4 Å². The number of likely N-dealkylation sites (tertiary alicyclic amines) is 1. The largest absolute Gasteiger partial charge is 0.464 e. The fraction of sp³-hybridized carbons (Fsp3) is 0.462. The molecule has 180 valence electrons. The first-order valence-electron chi connectivity index (χ1n) is 12.1. The molecule has 1 N–H and O–H groups in total. The zero-order valence-electron chi connectivity index (χ0n) is 19.4. The lowest BCUT2D eigenvalue weighted by Gasteiger charge is -2.36. The number of benzene rings is 2. The van der Waals surface area contributed by atoms with Crippen LogP contribution in [0.25, 0.3) is 0 Å². The summed E-state index contributed by atoms with van der Waals surface area (Å²) in [6, 6.07) is 15.9. The van der Waals surface area contributed by atoms with Crippen molar-refractivity contribution in [2.45, 2.75) is 31.8 Å². The fourth-order valence-electron chi connectivity index (χ4n) is 5.32. The first-order chi connectivity index (χ1) is 16.6. The van der Waals surface area contributed by atoms with Crippen molar-refractivity contribution in [1.29, 1.82) is 0 Å². The molecule has 34 heavy (non-hydrogen) atoms. The maximum absolute atomic E-state index is 12.6. The number of hydrogen-bond donors (Lipinski definition) is 1. The number of hydrazine groups is 1. The summed E-state index contributed by atoms with van der Waals surface area (Å²) in [7, 11) is 0. The van der Waals surface area contributed by atoms with Gasteiger partial charge in [0.05, 0.1) is 24.9 Å². The van der Waals surface area contributed by atoms with Gasteiger partial charge in [-0.05, 0) is 41.7 Å². The number of carboxylic acid groups (broad SMARTS) is 1. The average Bonchev–Trinajstić information content (AvgIpc) is 3.24. The van der Waals surface area contributed by atoms with E-state index < -0.39 is 6.09 Å². The number of fused-ring (bicyclic) bond motifs is 1. The second-order valence-electron chi connectivity index (χ2n) is 9.19. The zero-order chi connectivity index (χ0) is 23.5. The third-order valence-electron chi connectivity index (χ3n) is 7.19. The van der Waals surface area contributed by atoms with Crippen LogP contribution < -0.4 is 5.01 Å². The van der Waals surface area contributed by atoms with Gasteiger partial charge in [-0.15, -0.1) is 0 Å². The van der Waals surface area contributed by atoms with Gasteiger partial charge in [0.2, 0.25) is 5.91 Å². The SMILES string of the molecule is O=C1CCC(c2ccc(N(C(=O)O)N3CCc4ccccc4C3)cc2)N1CCN1CCOCC1. The molecule has 3 heterocycles. The van der Waals surface area contributed by atoms with Crippen LogP contribution in [-0.4, -0.2) is 77.9 Å². The standard InChI is InChI=1S/C26H32N4O4/c31-25-10-9-24(29(25)14-13-27-15-17-34-18-16-27)21-5-7-23(8-6-21)30(26(32)33)28-12-11-20-3-1-2-4-22(20)19-28/h1-8,24H,9-19H2,(H,32,33). The summed E-state index contributed by atoms with van der Waals surface area (Å²) in [5.74, 6) is 0.196. The molecule has 2 fully saturated rings. The number of hydrogen-bond acceptors (Lipinski definition) is 5. The molecule has 1 atom stereocenters. The van der Waals surface area contributed by atoms with Gasteiger partial charge in [0.25, 0.3) is 0 Å². The molecule has 8 nitrogen and oxygen atoms in total. The molecule has 0 radical (unpaired) electrons. The van der Waals surface area contributed by atoms with E-state index in [4.69, 9.17) is 4.74 Å². The number of nitrogens with zero attached hydrogens (tertiary/aromatic N) is 4. The summed E-state index contributed by atoms with van der Waals surface area (Å²) >= 11 is 0. The van der Waals surface area contributed by atoms with Gasteiger partial charge in [-0.25, -0.2) is 14.8 Å². The van der Waals surface area contributed by atoms with Gasteiger partial charge in [-0.3, -0.25) is 9.69 Å². The van der Waals surface area contributed by atoms with Crippen molar-refractivity contribution in [2.24, 2.45) is 0 Å². The van der Waals surface area contributed by atoms with Crippen molar-refractivity contribution in [3.8, 4) is 0 Å². The van der Waals surface area contributed by atoms with E-state index >= 15 is 0 Å². The Balaban J connectivity index is 1.28. The smallest absolute Gasteiger partial charge is 0.426 e. The normalized spacial score (nSPS) is 21.5. The topological polar surface area (TPSA) is 76.6 Å². The Morgan fingerprint density at radius 2 is 1.71 bits per heavy atom. The van der Waals surface area contributed by atoms with E-state index in [1.165, 1.54) is 10.6 Å². The average molecular weight is 465 g/mol. The van der Waals surface area contributed by atoms with E-state index in [1.54, 1.807) is 0 Å². The lowest BCUT2D eigenvalue weighted by Crippen LogP contribution is -2.48. The highest BCUT2D eigenvalue weighted by Gasteiger charge is 2.33. The maximum atomic E-state index is 12.6. The number of anilines is 1. The Kier molecular flexibility index (Phi) is 6.80. The third-order valence-corrected chi connectivity index (χ3v) is 7.19. The lowest BCUT2D eigenvalue weighted by molar-refractivity contribution is -0.129. The first-order valence-corrected chi connectivity index (χ1v) is 12.1. The Morgan fingerprint density at radius 1 is 0.971 bits per heavy atom. The van der Waals surface area contributed by atoms with Crippen molar-refractivity contribution in [2.75, 3.05) is 50.9 Å². The second kappa shape index (κ2) is 10.1. The molecule has 1 unspecified atom stereocenters. The molecule has 5 rings (SSSR count). The van der Waals surface area contributed by atoms with Crippen molar-refractivity contribution in [3.63, 3.8) is 0 Å².